The molecule has 2 heteroatoms. The number of nitrogens with two attached hydrogens (primary N) is 1. The normalized spacial score (nSPS) is 17.4. The molecule has 2 N–H and O–H groups in total. The van der Waals surface area contributed by atoms with E-state index in [-0.39, 0.29) is 5.54 Å². The average Bonchev–Trinajstić information content (AvgIpc) is 2.55. The van der Waals surface area contributed by atoms with E-state index in [9.17, 15) is 0 Å². The summed E-state index contributed by atoms with van der Waals surface area (Å²) in [6.07, 6.45) is 3.94. The number of benzene rings is 1. The fourth-order valence-electron chi connectivity index (χ4n) is 2.71. The lowest BCUT2D eigenvalue weighted by Crippen LogP contribution is -2.33. The summed E-state index contributed by atoms with van der Waals surface area (Å²) in [5.74, 6) is 0. The van der Waals surface area contributed by atoms with Crippen molar-refractivity contribution in [2.45, 2.75) is 44.7 Å². The molecule has 1 saturated carbocycles. The van der Waals surface area contributed by atoms with Crippen LogP contribution >= 0.6 is 0 Å². The van der Waals surface area contributed by atoms with Gasteiger partial charge in [-0.25, -0.2) is 0 Å². The third kappa shape index (κ3) is 1.67. The number of para-hydroxylation sites is 1. The molecule has 1 aliphatic rings. The zero-order valence-electron chi connectivity index (χ0n) is 10.6. The van der Waals surface area contributed by atoms with Crippen LogP contribution in [0.1, 0.15) is 44.8 Å². The van der Waals surface area contributed by atoms with Crippen molar-refractivity contribution in [3.05, 3.63) is 36.0 Å². The molecule has 1 aromatic carbocycles. The molecule has 0 amide bonds. The van der Waals surface area contributed by atoms with Crippen LogP contribution < -0.4 is 5.73 Å². The fraction of sp³-hybridized carbons (Fsp3) is 0.467. The first-order valence-electron chi connectivity index (χ1n) is 6.47. The number of rotatable bonds is 2. The molecule has 1 fully saturated rings. The van der Waals surface area contributed by atoms with E-state index in [0.717, 1.165) is 0 Å². The van der Waals surface area contributed by atoms with E-state index in [4.69, 9.17) is 5.73 Å². The molecule has 90 valence electrons. The molecule has 17 heavy (non-hydrogen) atoms. The molecule has 0 spiro atoms. The van der Waals surface area contributed by atoms with Crippen molar-refractivity contribution in [1.82, 2.24) is 4.57 Å². The summed E-state index contributed by atoms with van der Waals surface area (Å²) in [7, 11) is 0. The summed E-state index contributed by atoms with van der Waals surface area (Å²) in [5.41, 5.74) is 8.65. The van der Waals surface area contributed by atoms with Crippen LogP contribution in [0.2, 0.25) is 0 Å². The molecule has 0 unspecified atom stereocenters. The number of hydrogen-bond acceptors (Lipinski definition) is 1. The lowest BCUT2D eigenvalue weighted by atomic mass is 9.91. The predicted molar refractivity (Wildman–Crippen MR) is 72.0 cm³/mol. The van der Waals surface area contributed by atoms with Gasteiger partial charge in [0, 0.05) is 17.3 Å². The first kappa shape index (κ1) is 10.8. The molecule has 1 aliphatic carbocycles. The number of hydrogen-bond donors (Lipinski definition) is 1. The first-order valence-corrected chi connectivity index (χ1v) is 6.47. The zero-order valence-corrected chi connectivity index (χ0v) is 10.6. The Bertz CT molecular complexity index is 542. The molecule has 0 saturated heterocycles. The minimum absolute atomic E-state index is 0.269. The van der Waals surface area contributed by atoms with Crippen LogP contribution in [0.25, 0.3) is 10.9 Å². The molecule has 0 radical (unpaired) electrons. The van der Waals surface area contributed by atoms with Gasteiger partial charge >= 0.3 is 0 Å². The van der Waals surface area contributed by atoms with Gasteiger partial charge in [-0.2, -0.15) is 0 Å². The average molecular weight is 228 g/mol. The van der Waals surface area contributed by atoms with Gasteiger partial charge in [0.2, 0.25) is 0 Å². The molecular weight excluding hydrogens is 208 g/mol. The van der Waals surface area contributed by atoms with E-state index in [2.05, 4.69) is 48.7 Å². The van der Waals surface area contributed by atoms with E-state index < -0.39 is 0 Å². The van der Waals surface area contributed by atoms with Crippen molar-refractivity contribution >= 4 is 10.9 Å². The van der Waals surface area contributed by atoms with Crippen molar-refractivity contribution in [2.75, 3.05) is 0 Å². The van der Waals surface area contributed by atoms with Gasteiger partial charge < -0.3 is 10.3 Å². The van der Waals surface area contributed by atoms with E-state index in [1.807, 2.05) is 0 Å². The summed E-state index contributed by atoms with van der Waals surface area (Å²) in [6, 6.07) is 11.5. The highest BCUT2D eigenvalue weighted by atomic mass is 15.1. The lowest BCUT2D eigenvalue weighted by molar-refractivity contribution is 0.302. The van der Waals surface area contributed by atoms with Gasteiger partial charge in [0.1, 0.15) is 0 Å². The zero-order chi connectivity index (χ0) is 12.0. The smallest absolute Gasteiger partial charge is 0.0506 e. The number of aromatic nitrogens is 1. The van der Waals surface area contributed by atoms with Crippen molar-refractivity contribution in [3.63, 3.8) is 0 Å². The summed E-state index contributed by atoms with van der Waals surface area (Å²) in [4.78, 5) is 0. The maximum absolute atomic E-state index is 6.32. The largest absolute Gasteiger partial charge is 0.340 e. The Morgan fingerprint density at radius 1 is 1.24 bits per heavy atom. The third-order valence-corrected chi connectivity index (χ3v) is 3.85. The Hall–Kier alpha value is -1.28. The van der Waals surface area contributed by atoms with Gasteiger partial charge in [-0.3, -0.25) is 0 Å². The Labute approximate surface area is 102 Å². The van der Waals surface area contributed by atoms with Crippen LogP contribution in [-0.2, 0) is 5.54 Å². The Morgan fingerprint density at radius 2 is 1.94 bits per heavy atom. The monoisotopic (exact) mass is 228 g/mol. The van der Waals surface area contributed by atoms with Crippen LogP contribution in [0.15, 0.2) is 30.3 Å². The second-order valence-corrected chi connectivity index (χ2v) is 5.76. The van der Waals surface area contributed by atoms with E-state index in [0.29, 0.717) is 6.04 Å². The Morgan fingerprint density at radius 3 is 2.53 bits per heavy atom. The van der Waals surface area contributed by atoms with Gasteiger partial charge in [-0.05, 0) is 50.6 Å². The Balaban J connectivity index is 2.25. The highest BCUT2D eigenvalue weighted by Gasteiger charge is 2.28. The fourth-order valence-corrected chi connectivity index (χ4v) is 2.71. The highest BCUT2D eigenvalue weighted by Crippen LogP contribution is 2.38. The first-order chi connectivity index (χ1) is 8.07. The van der Waals surface area contributed by atoms with Crippen LogP contribution in [0.5, 0.6) is 0 Å². The topological polar surface area (TPSA) is 30.9 Å². The third-order valence-electron chi connectivity index (χ3n) is 3.85. The standard InChI is InChI=1S/C15H20N2/c1-15(2,16)14-10-11-6-3-4-9-13(11)17(14)12-7-5-8-12/h3-4,6,9-10,12H,5,7-8,16H2,1-2H3. The van der Waals surface area contributed by atoms with Crippen molar-refractivity contribution in [1.29, 1.82) is 0 Å². The molecule has 0 atom stereocenters. The summed E-state index contributed by atoms with van der Waals surface area (Å²) in [5, 5.41) is 1.31. The predicted octanol–water partition coefficient (Wildman–Crippen LogP) is 3.56. The van der Waals surface area contributed by atoms with E-state index in [1.54, 1.807) is 0 Å². The number of fused-ring (bicyclic) bond motifs is 1. The SMILES string of the molecule is CC(C)(N)c1cc2ccccc2n1C1CCC1. The summed E-state index contributed by atoms with van der Waals surface area (Å²) < 4.78 is 2.47. The van der Waals surface area contributed by atoms with Crippen molar-refractivity contribution < 1.29 is 0 Å². The molecular formula is C15H20N2. The quantitative estimate of drug-likeness (QED) is 0.837. The van der Waals surface area contributed by atoms with E-state index >= 15 is 0 Å². The molecule has 3 rings (SSSR count). The highest BCUT2D eigenvalue weighted by molar-refractivity contribution is 5.81. The maximum Gasteiger partial charge on any atom is 0.0506 e. The summed E-state index contributed by atoms with van der Waals surface area (Å²) >= 11 is 0. The number of nitrogens with zero attached hydrogens (tertiary/aromatic N) is 1. The van der Waals surface area contributed by atoms with Crippen molar-refractivity contribution in [3.8, 4) is 0 Å². The van der Waals surface area contributed by atoms with Gasteiger partial charge in [0.05, 0.1) is 5.54 Å². The molecule has 2 aromatic rings. The molecule has 2 nitrogen and oxygen atoms in total. The maximum atomic E-state index is 6.32. The van der Waals surface area contributed by atoms with Crippen LogP contribution in [-0.4, -0.2) is 4.57 Å². The lowest BCUT2D eigenvalue weighted by Gasteiger charge is -2.33. The van der Waals surface area contributed by atoms with Crippen LogP contribution in [0.3, 0.4) is 0 Å². The van der Waals surface area contributed by atoms with Crippen LogP contribution in [0.4, 0.5) is 0 Å². The van der Waals surface area contributed by atoms with Gasteiger partial charge in [-0.15, -0.1) is 0 Å². The van der Waals surface area contributed by atoms with Crippen LogP contribution in [0, 0.1) is 0 Å². The minimum Gasteiger partial charge on any atom is -0.340 e. The minimum atomic E-state index is -0.269. The molecule has 1 aromatic heterocycles. The van der Waals surface area contributed by atoms with Gasteiger partial charge in [0.15, 0.2) is 0 Å². The Kier molecular flexibility index (Phi) is 2.30. The van der Waals surface area contributed by atoms with E-state index in [1.165, 1.54) is 35.9 Å². The second kappa shape index (κ2) is 3.61. The van der Waals surface area contributed by atoms with Gasteiger partial charge in [0.25, 0.3) is 0 Å². The molecule has 1 heterocycles. The molecule has 0 aliphatic heterocycles. The molecule has 0 bridgehead atoms. The van der Waals surface area contributed by atoms with Gasteiger partial charge in [-0.1, -0.05) is 18.2 Å². The van der Waals surface area contributed by atoms with Crippen molar-refractivity contribution in [2.24, 2.45) is 5.73 Å². The summed E-state index contributed by atoms with van der Waals surface area (Å²) in [6.45, 7) is 4.19. The second-order valence-electron chi connectivity index (χ2n) is 5.76.